The molecule has 0 spiro atoms. The highest BCUT2D eigenvalue weighted by molar-refractivity contribution is 5.82. The lowest BCUT2D eigenvalue weighted by molar-refractivity contribution is 0.405. The Kier molecular flexibility index (Phi) is 11.7. The topological polar surface area (TPSA) is 91.5 Å². The number of hydrogen-bond acceptors (Lipinski definition) is 7. The molecule has 0 amide bonds. The van der Waals surface area contributed by atoms with E-state index in [4.69, 9.17) is 22.3 Å². The van der Waals surface area contributed by atoms with E-state index in [9.17, 15) is 0 Å². The fraction of sp³-hybridized carbons (Fsp3) is 0.208. The van der Waals surface area contributed by atoms with Crippen molar-refractivity contribution in [2.75, 3.05) is 0 Å². The van der Waals surface area contributed by atoms with Crippen molar-refractivity contribution in [2.24, 2.45) is 0 Å². The number of aromatic nitrogens is 2. The maximum atomic E-state index is 5.45. The summed E-state index contributed by atoms with van der Waals surface area (Å²) in [5.74, 6) is 2.84. The van der Waals surface area contributed by atoms with E-state index < -0.39 is 0 Å². The van der Waals surface area contributed by atoms with Gasteiger partial charge in [0, 0.05) is 26.9 Å². The molecule has 0 atom stereocenters. The summed E-state index contributed by atoms with van der Waals surface area (Å²) in [5, 5.41) is 13.6. The first kappa shape index (κ1) is 38.4. The third-order valence-corrected chi connectivity index (χ3v) is 9.14. The van der Waals surface area contributed by atoms with Gasteiger partial charge in [-0.15, -0.1) is 0 Å². The zero-order valence-electron chi connectivity index (χ0n) is 33.3. The minimum absolute atomic E-state index is 0.877. The maximum Gasteiger partial charge on any atom is 0.167 e. The Bertz CT molecular complexity index is 2560. The Morgan fingerprint density at radius 2 is 0.945 bits per heavy atom. The van der Waals surface area contributed by atoms with Crippen LogP contribution in [-0.4, -0.2) is 10.3 Å². The van der Waals surface area contributed by atoms with Crippen molar-refractivity contribution in [1.29, 1.82) is 0 Å². The molecule has 0 aliphatic rings. The monoisotopic (exact) mass is 732 g/mol. The van der Waals surface area contributed by atoms with Gasteiger partial charge in [0.2, 0.25) is 0 Å². The molecule has 0 bridgehead atoms. The molecule has 5 heterocycles. The average Bonchev–Trinajstić information content (AvgIpc) is 3.97. The second kappa shape index (κ2) is 16.8. The number of furan rings is 3. The zero-order valence-corrected chi connectivity index (χ0v) is 33.3. The number of fused-ring (bicyclic) bond motifs is 5. The van der Waals surface area contributed by atoms with Gasteiger partial charge in [0.05, 0.1) is 12.0 Å². The van der Waals surface area contributed by atoms with Crippen LogP contribution in [0.4, 0.5) is 0 Å². The third kappa shape index (κ3) is 9.61. The SMILES string of the molecule is Cc1ccc2c(C)coc2c1.Cc1ccc2c(C)noc2c1.Cc1ccc2c(C)onc2c1.Cc1ccc2cc(C)oc2c1.Cc1ccc2oc(C)cc2c1. The van der Waals surface area contributed by atoms with Crippen molar-refractivity contribution in [2.45, 2.75) is 69.2 Å². The van der Waals surface area contributed by atoms with Gasteiger partial charge in [-0.2, -0.15) is 0 Å². The first-order chi connectivity index (χ1) is 26.3. The fourth-order valence-corrected chi connectivity index (χ4v) is 6.19. The molecule has 5 aromatic heterocycles. The van der Waals surface area contributed by atoms with Gasteiger partial charge in [0.25, 0.3) is 0 Å². The standard InChI is InChI=1S/3C10H10O.2C9H9NO/c1-7-3-4-10-9(5-7)6-8(2)11-10;1-7-3-4-9-8(2)6-11-10(9)5-7;1-7-3-4-9-6-8(2)11-10(9)5-7;1-6-3-4-8-7(2)11-10-9(8)5-6;1-6-3-4-8-7(2)10-11-9(8)5-6/h3*3-6H,1-2H3;2*3-5H,1-2H3. The van der Waals surface area contributed by atoms with Gasteiger partial charge >= 0.3 is 0 Å². The Morgan fingerprint density at radius 3 is 1.67 bits per heavy atom. The molecule has 0 unspecified atom stereocenters. The van der Waals surface area contributed by atoms with Crippen LogP contribution in [0.15, 0.2) is 132 Å². The maximum absolute atomic E-state index is 5.45. The minimum Gasteiger partial charge on any atom is -0.464 e. The summed E-state index contributed by atoms with van der Waals surface area (Å²) in [7, 11) is 0. The second-order valence-corrected chi connectivity index (χ2v) is 14.2. The molecule has 5 aromatic carbocycles. The van der Waals surface area contributed by atoms with Crippen LogP contribution in [0, 0.1) is 69.2 Å². The Morgan fingerprint density at radius 1 is 0.400 bits per heavy atom. The van der Waals surface area contributed by atoms with E-state index in [1.165, 1.54) is 49.5 Å². The number of benzene rings is 5. The fourth-order valence-electron chi connectivity index (χ4n) is 6.19. The van der Waals surface area contributed by atoms with Gasteiger partial charge in [-0.05, 0) is 158 Å². The highest BCUT2D eigenvalue weighted by Crippen LogP contribution is 2.23. The molecule has 0 aliphatic carbocycles. The smallest absolute Gasteiger partial charge is 0.167 e. The molecule has 0 aliphatic heterocycles. The third-order valence-electron chi connectivity index (χ3n) is 9.14. The largest absolute Gasteiger partial charge is 0.464 e. The van der Waals surface area contributed by atoms with E-state index in [2.05, 4.69) is 111 Å². The van der Waals surface area contributed by atoms with Crippen LogP contribution < -0.4 is 0 Å². The van der Waals surface area contributed by atoms with Crippen LogP contribution >= 0.6 is 0 Å². The molecule has 0 saturated heterocycles. The van der Waals surface area contributed by atoms with Gasteiger partial charge in [-0.25, -0.2) is 0 Å². The molecule has 0 N–H and O–H groups in total. The van der Waals surface area contributed by atoms with Crippen LogP contribution in [-0.2, 0) is 0 Å². The molecule has 55 heavy (non-hydrogen) atoms. The van der Waals surface area contributed by atoms with Crippen molar-refractivity contribution < 1.29 is 22.3 Å². The van der Waals surface area contributed by atoms with E-state index in [-0.39, 0.29) is 0 Å². The number of aryl methyl sites for hydroxylation is 10. The summed E-state index contributed by atoms with van der Waals surface area (Å²) < 4.78 is 26.3. The normalized spacial score (nSPS) is 10.7. The molecule has 0 radical (unpaired) electrons. The molecular weight excluding hydrogens is 685 g/mol. The minimum atomic E-state index is 0.877. The van der Waals surface area contributed by atoms with Crippen molar-refractivity contribution in [3.63, 3.8) is 0 Å². The molecular formula is C48H48N2O5. The van der Waals surface area contributed by atoms with Gasteiger partial charge in [-0.3, -0.25) is 0 Å². The number of nitrogens with zero attached hydrogens (tertiary/aromatic N) is 2. The lowest BCUT2D eigenvalue weighted by Crippen LogP contribution is -1.71. The highest BCUT2D eigenvalue weighted by Gasteiger charge is 2.04. The van der Waals surface area contributed by atoms with Crippen molar-refractivity contribution in [1.82, 2.24) is 10.3 Å². The number of hydrogen-bond donors (Lipinski definition) is 0. The van der Waals surface area contributed by atoms with Crippen LogP contribution in [0.3, 0.4) is 0 Å². The van der Waals surface area contributed by atoms with Gasteiger partial charge in [0.15, 0.2) is 5.58 Å². The van der Waals surface area contributed by atoms with E-state index in [1.54, 1.807) is 6.26 Å². The Balaban J connectivity index is 0.000000117. The van der Waals surface area contributed by atoms with E-state index in [1.807, 2.05) is 71.9 Å². The van der Waals surface area contributed by atoms with E-state index in [0.717, 1.165) is 61.6 Å². The molecule has 7 nitrogen and oxygen atoms in total. The van der Waals surface area contributed by atoms with Crippen LogP contribution in [0.1, 0.15) is 56.4 Å². The van der Waals surface area contributed by atoms with Gasteiger partial charge in [0.1, 0.15) is 39.5 Å². The molecule has 10 aromatic rings. The lowest BCUT2D eigenvalue weighted by Gasteiger charge is -1.90. The summed E-state index contributed by atoms with van der Waals surface area (Å²) >= 11 is 0. The van der Waals surface area contributed by atoms with Gasteiger partial charge < -0.3 is 22.3 Å². The van der Waals surface area contributed by atoms with Crippen molar-refractivity contribution >= 4 is 54.8 Å². The quantitative estimate of drug-likeness (QED) is 0.153. The number of rotatable bonds is 0. The van der Waals surface area contributed by atoms with Crippen LogP contribution in [0.25, 0.3) is 54.8 Å². The summed E-state index contributed by atoms with van der Waals surface area (Å²) in [6.45, 7) is 20.2. The van der Waals surface area contributed by atoms with E-state index in [0.29, 0.717) is 0 Å². The first-order valence-electron chi connectivity index (χ1n) is 18.4. The average molecular weight is 733 g/mol. The molecule has 280 valence electrons. The van der Waals surface area contributed by atoms with Crippen molar-refractivity contribution in [3.8, 4) is 0 Å². The second-order valence-electron chi connectivity index (χ2n) is 14.2. The summed E-state index contributed by atoms with van der Waals surface area (Å²) in [6.07, 6.45) is 1.80. The Hall–Kier alpha value is -6.34. The van der Waals surface area contributed by atoms with E-state index >= 15 is 0 Å². The van der Waals surface area contributed by atoms with Crippen LogP contribution in [0.2, 0.25) is 0 Å². The molecule has 10 rings (SSSR count). The summed E-state index contributed by atoms with van der Waals surface area (Å²) in [5.41, 5.74) is 13.1. The van der Waals surface area contributed by atoms with Gasteiger partial charge in [-0.1, -0.05) is 58.3 Å². The first-order valence-corrected chi connectivity index (χ1v) is 18.4. The molecule has 7 heteroatoms. The highest BCUT2D eigenvalue weighted by atomic mass is 16.5. The summed E-state index contributed by atoms with van der Waals surface area (Å²) in [6, 6.07) is 35.0. The molecule has 0 fully saturated rings. The van der Waals surface area contributed by atoms with Crippen molar-refractivity contribution in [3.05, 3.63) is 166 Å². The summed E-state index contributed by atoms with van der Waals surface area (Å²) in [4.78, 5) is 0. The molecule has 0 saturated carbocycles. The predicted octanol–water partition coefficient (Wildman–Crippen LogP) is 14.0. The zero-order chi connectivity index (χ0) is 39.2. The predicted molar refractivity (Wildman–Crippen MR) is 224 cm³/mol. The lowest BCUT2D eigenvalue weighted by atomic mass is 10.1. The van der Waals surface area contributed by atoms with Crippen LogP contribution in [0.5, 0.6) is 0 Å². The Labute approximate surface area is 321 Å².